The SMILES string of the molecule is CNC(C1=CCCCO1)C(OC)C(C)C. The van der Waals surface area contributed by atoms with Crippen molar-refractivity contribution in [2.45, 2.75) is 38.8 Å². The minimum absolute atomic E-state index is 0.166. The van der Waals surface area contributed by atoms with Crippen LogP contribution in [0.4, 0.5) is 0 Å². The Bertz CT molecular complexity index is 214. The monoisotopic (exact) mass is 213 g/mol. The van der Waals surface area contributed by atoms with Gasteiger partial charge in [-0.1, -0.05) is 13.8 Å². The summed E-state index contributed by atoms with van der Waals surface area (Å²) in [7, 11) is 3.72. The lowest BCUT2D eigenvalue weighted by Gasteiger charge is -2.31. The van der Waals surface area contributed by atoms with Gasteiger partial charge in [0.15, 0.2) is 0 Å². The molecule has 0 saturated heterocycles. The molecule has 0 aromatic rings. The van der Waals surface area contributed by atoms with Gasteiger partial charge in [0.2, 0.25) is 0 Å². The van der Waals surface area contributed by atoms with Crippen LogP contribution in [0, 0.1) is 5.92 Å². The van der Waals surface area contributed by atoms with Crippen LogP contribution in [0.5, 0.6) is 0 Å². The van der Waals surface area contributed by atoms with Gasteiger partial charge in [0, 0.05) is 7.11 Å². The molecule has 0 saturated carbocycles. The van der Waals surface area contributed by atoms with Crippen LogP contribution in [0.2, 0.25) is 0 Å². The first-order valence-corrected chi connectivity index (χ1v) is 5.73. The van der Waals surface area contributed by atoms with Crippen molar-refractivity contribution in [2.75, 3.05) is 20.8 Å². The molecular formula is C12H23NO2. The predicted octanol–water partition coefficient (Wildman–Crippen LogP) is 1.94. The highest BCUT2D eigenvalue weighted by Crippen LogP contribution is 2.21. The zero-order valence-electron chi connectivity index (χ0n) is 10.2. The summed E-state index contributed by atoms with van der Waals surface area (Å²) in [4.78, 5) is 0. The van der Waals surface area contributed by atoms with E-state index in [9.17, 15) is 0 Å². The zero-order chi connectivity index (χ0) is 11.3. The van der Waals surface area contributed by atoms with E-state index < -0.39 is 0 Å². The maximum Gasteiger partial charge on any atom is 0.112 e. The third-order valence-electron chi connectivity index (χ3n) is 2.84. The first-order valence-electron chi connectivity index (χ1n) is 5.73. The van der Waals surface area contributed by atoms with E-state index >= 15 is 0 Å². The fourth-order valence-electron chi connectivity index (χ4n) is 2.05. The summed E-state index contributed by atoms with van der Waals surface area (Å²) in [6.45, 7) is 5.17. The molecule has 1 aliphatic heterocycles. The Morgan fingerprint density at radius 2 is 2.20 bits per heavy atom. The molecule has 0 spiro atoms. The molecule has 1 N–H and O–H groups in total. The summed E-state index contributed by atoms with van der Waals surface area (Å²) in [5.74, 6) is 1.52. The Morgan fingerprint density at radius 3 is 2.60 bits per heavy atom. The van der Waals surface area contributed by atoms with Crippen molar-refractivity contribution in [3.8, 4) is 0 Å². The number of ether oxygens (including phenoxy) is 2. The number of hydrogen-bond donors (Lipinski definition) is 1. The molecule has 3 nitrogen and oxygen atoms in total. The molecule has 0 aliphatic carbocycles. The highest BCUT2D eigenvalue weighted by atomic mass is 16.5. The summed E-state index contributed by atoms with van der Waals surface area (Å²) in [5, 5.41) is 3.29. The van der Waals surface area contributed by atoms with Gasteiger partial charge < -0.3 is 14.8 Å². The fraction of sp³-hybridized carbons (Fsp3) is 0.833. The van der Waals surface area contributed by atoms with Gasteiger partial charge in [-0.2, -0.15) is 0 Å². The maximum absolute atomic E-state index is 5.68. The second-order valence-corrected chi connectivity index (χ2v) is 4.31. The highest BCUT2D eigenvalue weighted by Gasteiger charge is 2.28. The average molecular weight is 213 g/mol. The van der Waals surface area contributed by atoms with Crippen molar-refractivity contribution >= 4 is 0 Å². The van der Waals surface area contributed by atoms with Crippen molar-refractivity contribution < 1.29 is 9.47 Å². The van der Waals surface area contributed by atoms with E-state index in [1.807, 2.05) is 7.05 Å². The van der Waals surface area contributed by atoms with E-state index in [0.717, 1.165) is 25.2 Å². The molecule has 0 bridgehead atoms. The molecule has 2 atom stereocenters. The Hall–Kier alpha value is -0.540. The lowest BCUT2D eigenvalue weighted by Crippen LogP contribution is -2.44. The van der Waals surface area contributed by atoms with E-state index in [1.54, 1.807) is 7.11 Å². The van der Waals surface area contributed by atoms with Gasteiger partial charge in [0.25, 0.3) is 0 Å². The molecule has 15 heavy (non-hydrogen) atoms. The number of rotatable bonds is 5. The average Bonchev–Trinajstić information content (AvgIpc) is 2.26. The molecule has 2 unspecified atom stereocenters. The maximum atomic E-state index is 5.68. The van der Waals surface area contributed by atoms with Crippen LogP contribution in [-0.2, 0) is 9.47 Å². The Kier molecular flexibility index (Phi) is 5.12. The molecule has 0 aromatic heterocycles. The molecular weight excluding hydrogens is 190 g/mol. The third-order valence-corrected chi connectivity index (χ3v) is 2.84. The lowest BCUT2D eigenvalue weighted by molar-refractivity contribution is 0.0230. The van der Waals surface area contributed by atoms with Crippen molar-refractivity contribution in [3.63, 3.8) is 0 Å². The van der Waals surface area contributed by atoms with E-state index in [-0.39, 0.29) is 12.1 Å². The summed E-state index contributed by atoms with van der Waals surface area (Å²) < 4.78 is 11.2. The first-order chi connectivity index (χ1) is 7.20. The Morgan fingerprint density at radius 1 is 1.47 bits per heavy atom. The van der Waals surface area contributed by atoms with E-state index in [2.05, 4.69) is 25.2 Å². The van der Waals surface area contributed by atoms with Crippen LogP contribution in [0.15, 0.2) is 11.8 Å². The van der Waals surface area contributed by atoms with E-state index in [1.165, 1.54) is 0 Å². The first kappa shape index (κ1) is 12.5. The number of allylic oxidation sites excluding steroid dienone is 1. The Labute approximate surface area is 92.8 Å². The molecule has 0 aromatic carbocycles. The number of likely N-dealkylation sites (N-methyl/N-ethyl adjacent to an activating group) is 1. The topological polar surface area (TPSA) is 30.5 Å². The molecule has 1 rings (SSSR count). The van der Waals surface area contributed by atoms with Gasteiger partial charge in [-0.05, 0) is 31.9 Å². The van der Waals surface area contributed by atoms with Gasteiger partial charge >= 0.3 is 0 Å². The standard InChI is InChI=1S/C12H23NO2/c1-9(2)12(14-4)11(13-3)10-7-5-6-8-15-10/h7,9,11-13H,5-6,8H2,1-4H3. The Balaban J connectivity index is 2.71. The van der Waals surface area contributed by atoms with Gasteiger partial charge in [-0.15, -0.1) is 0 Å². The summed E-state index contributed by atoms with van der Waals surface area (Å²) >= 11 is 0. The lowest BCUT2D eigenvalue weighted by atomic mass is 9.96. The molecule has 1 aliphatic rings. The van der Waals surface area contributed by atoms with Crippen molar-refractivity contribution in [1.82, 2.24) is 5.32 Å². The van der Waals surface area contributed by atoms with Crippen LogP contribution in [0.25, 0.3) is 0 Å². The van der Waals surface area contributed by atoms with Gasteiger partial charge in [0.05, 0.1) is 18.8 Å². The number of hydrogen-bond acceptors (Lipinski definition) is 3. The minimum Gasteiger partial charge on any atom is -0.496 e. The fourth-order valence-corrected chi connectivity index (χ4v) is 2.05. The molecule has 0 radical (unpaired) electrons. The predicted molar refractivity (Wildman–Crippen MR) is 61.8 cm³/mol. The van der Waals surface area contributed by atoms with Crippen LogP contribution in [0.1, 0.15) is 26.7 Å². The van der Waals surface area contributed by atoms with Crippen molar-refractivity contribution in [2.24, 2.45) is 5.92 Å². The largest absolute Gasteiger partial charge is 0.496 e. The van der Waals surface area contributed by atoms with Crippen LogP contribution in [0.3, 0.4) is 0 Å². The van der Waals surface area contributed by atoms with Gasteiger partial charge in [-0.25, -0.2) is 0 Å². The van der Waals surface area contributed by atoms with Gasteiger partial charge in [-0.3, -0.25) is 0 Å². The van der Waals surface area contributed by atoms with E-state index in [0.29, 0.717) is 5.92 Å². The highest BCUT2D eigenvalue weighted by molar-refractivity contribution is 5.08. The molecule has 0 amide bonds. The van der Waals surface area contributed by atoms with Crippen molar-refractivity contribution in [3.05, 3.63) is 11.8 Å². The number of methoxy groups -OCH3 is 1. The molecule has 88 valence electrons. The molecule has 1 heterocycles. The normalized spacial score (nSPS) is 20.7. The second kappa shape index (κ2) is 6.13. The second-order valence-electron chi connectivity index (χ2n) is 4.31. The summed E-state index contributed by atoms with van der Waals surface area (Å²) in [6.07, 6.45) is 4.58. The quantitative estimate of drug-likeness (QED) is 0.757. The summed E-state index contributed by atoms with van der Waals surface area (Å²) in [6, 6.07) is 0.176. The molecule has 3 heteroatoms. The van der Waals surface area contributed by atoms with Crippen LogP contribution < -0.4 is 5.32 Å². The molecule has 0 fully saturated rings. The number of nitrogens with one attached hydrogen (secondary N) is 1. The zero-order valence-corrected chi connectivity index (χ0v) is 10.2. The smallest absolute Gasteiger partial charge is 0.112 e. The van der Waals surface area contributed by atoms with Gasteiger partial charge in [0.1, 0.15) is 5.76 Å². The third kappa shape index (κ3) is 3.21. The minimum atomic E-state index is 0.166. The van der Waals surface area contributed by atoms with E-state index in [4.69, 9.17) is 9.47 Å². The van der Waals surface area contributed by atoms with Crippen LogP contribution in [-0.4, -0.2) is 32.9 Å². The van der Waals surface area contributed by atoms with Crippen molar-refractivity contribution in [1.29, 1.82) is 0 Å². The summed E-state index contributed by atoms with van der Waals surface area (Å²) in [5.41, 5.74) is 0. The van der Waals surface area contributed by atoms with Crippen LogP contribution >= 0.6 is 0 Å².